The molecule has 0 aliphatic carbocycles. The molecule has 1 aliphatic rings. The number of rotatable bonds is 3. The number of nitrogens with zero attached hydrogens (tertiary/aromatic N) is 1. The maximum atomic E-state index is 3.47. The van der Waals surface area contributed by atoms with E-state index < -0.39 is 0 Å². The van der Waals surface area contributed by atoms with Crippen LogP contribution in [0.3, 0.4) is 0 Å². The van der Waals surface area contributed by atoms with E-state index in [1.165, 1.54) is 35.8 Å². The van der Waals surface area contributed by atoms with Crippen LogP contribution in [0.25, 0.3) is 0 Å². The first-order valence-electron chi connectivity index (χ1n) is 5.78. The first-order chi connectivity index (χ1) is 7.29. The summed E-state index contributed by atoms with van der Waals surface area (Å²) in [6, 6.07) is 9.51. The number of hydrogen-bond acceptors (Lipinski definition) is 1. The second kappa shape index (κ2) is 5.13. The monoisotopic (exact) mass is 267 g/mol. The van der Waals surface area contributed by atoms with Crippen LogP contribution in [0.5, 0.6) is 0 Å². The van der Waals surface area contributed by atoms with Gasteiger partial charge in [-0.15, -0.1) is 0 Å². The maximum Gasteiger partial charge on any atom is 0.0236 e. The van der Waals surface area contributed by atoms with Crippen LogP contribution < -0.4 is 0 Å². The molecule has 2 rings (SSSR count). The van der Waals surface area contributed by atoms with Gasteiger partial charge in [0.2, 0.25) is 0 Å². The molecule has 1 heterocycles. The van der Waals surface area contributed by atoms with E-state index in [0.29, 0.717) is 0 Å². The van der Waals surface area contributed by atoms with Crippen molar-refractivity contribution < 1.29 is 0 Å². The molecule has 1 aliphatic heterocycles. The van der Waals surface area contributed by atoms with Crippen molar-refractivity contribution in [2.24, 2.45) is 0 Å². The van der Waals surface area contributed by atoms with Gasteiger partial charge >= 0.3 is 0 Å². The van der Waals surface area contributed by atoms with Gasteiger partial charge in [0.25, 0.3) is 0 Å². The molecule has 0 radical (unpaired) electrons. The van der Waals surface area contributed by atoms with Crippen LogP contribution in [0.1, 0.15) is 31.7 Å². The van der Waals surface area contributed by atoms with Gasteiger partial charge in [-0.25, -0.2) is 0 Å². The van der Waals surface area contributed by atoms with Gasteiger partial charge in [0.15, 0.2) is 0 Å². The summed E-state index contributed by atoms with van der Waals surface area (Å²) in [5, 5.41) is 0. The minimum absolute atomic E-state index is 0.814. The van der Waals surface area contributed by atoms with E-state index in [1.807, 2.05) is 0 Å². The zero-order chi connectivity index (χ0) is 10.7. The third-order valence-corrected chi connectivity index (χ3v) is 3.80. The molecule has 0 saturated carbocycles. The van der Waals surface area contributed by atoms with Gasteiger partial charge in [0, 0.05) is 17.1 Å². The van der Waals surface area contributed by atoms with Crippen molar-refractivity contribution in [1.29, 1.82) is 0 Å². The molecule has 0 amide bonds. The molecule has 1 fully saturated rings. The molecular formula is C13H18BrN. The fraction of sp³-hybridized carbons (Fsp3) is 0.538. The van der Waals surface area contributed by atoms with Gasteiger partial charge in [-0.3, -0.25) is 4.90 Å². The molecule has 15 heavy (non-hydrogen) atoms. The van der Waals surface area contributed by atoms with Crippen molar-refractivity contribution in [3.05, 3.63) is 34.3 Å². The first kappa shape index (κ1) is 11.2. The number of benzene rings is 1. The van der Waals surface area contributed by atoms with E-state index >= 15 is 0 Å². The molecule has 0 spiro atoms. The molecule has 0 N–H and O–H groups in total. The van der Waals surface area contributed by atoms with Crippen molar-refractivity contribution in [1.82, 2.24) is 4.90 Å². The Kier molecular flexibility index (Phi) is 3.81. The molecule has 0 bridgehead atoms. The second-order valence-corrected chi connectivity index (χ2v) is 5.22. The summed E-state index contributed by atoms with van der Waals surface area (Å²) in [5.41, 5.74) is 1.43. The van der Waals surface area contributed by atoms with Crippen LogP contribution in [0.15, 0.2) is 28.7 Å². The Morgan fingerprint density at radius 2 is 2.07 bits per heavy atom. The molecule has 82 valence electrons. The number of likely N-dealkylation sites (tertiary alicyclic amines) is 1. The van der Waals surface area contributed by atoms with Crippen LogP contribution in [-0.4, -0.2) is 17.5 Å². The van der Waals surface area contributed by atoms with E-state index in [-0.39, 0.29) is 0 Å². The highest BCUT2D eigenvalue weighted by Crippen LogP contribution is 2.22. The van der Waals surface area contributed by atoms with Gasteiger partial charge < -0.3 is 0 Å². The zero-order valence-corrected chi connectivity index (χ0v) is 10.8. The quantitative estimate of drug-likeness (QED) is 0.805. The standard InChI is InChI=1S/C13H18BrN/c1-2-13-4-3-9-15(13)10-11-5-7-12(14)8-6-11/h5-8,13H,2-4,9-10H2,1H3/t13-/m1/s1. The van der Waals surface area contributed by atoms with Crippen LogP contribution in [0.4, 0.5) is 0 Å². The number of halogens is 1. The fourth-order valence-corrected chi connectivity index (χ4v) is 2.65. The Labute approximate surface area is 101 Å². The average molecular weight is 268 g/mol. The molecule has 1 aromatic carbocycles. The normalized spacial score (nSPS) is 22.1. The van der Waals surface area contributed by atoms with Crippen molar-refractivity contribution in [2.45, 2.75) is 38.8 Å². The zero-order valence-electron chi connectivity index (χ0n) is 9.25. The summed E-state index contributed by atoms with van der Waals surface area (Å²) in [7, 11) is 0. The molecule has 0 aromatic heterocycles. The van der Waals surface area contributed by atoms with Crippen LogP contribution in [0, 0.1) is 0 Å². The topological polar surface area (TPSA) is 3.24 Å². The van der Waals surface area contributed by atoms with E-state index in [4.69, 9.17) is 0 Å². The van der Waals surface area contributed by atoms with Gasteiger partial charge in [-0.2, -0.15) is 0 Å². The second-order valence-electron chi connectivity index (χ2n) is 4.30. The minimum atomic E-state index is 0.814. The third-order valence-electron chi connectivity index (χ3n) is 3.27. The summed E-state index contributed by atoms with van der Waals surface area (Å²) in [6.07, 6.45) is 4.04. The van der Waals surface area contributed by atoms with E-state index in [0.717, 1.165) is 12.6 Å². The SMILES string of the molecule is CC[C@@H]1CCCN1Cc1ccc(Br)cc1. The van der Waals surface area contributed by atoms with Crippen LogP contribution >= 0.6 is 15.9 Å². The largest absolute Gasteiger partial charge is 0.296 e. The predicted molar refractivity (Wildman–Crippen MR) is 67.9 cm³/mol. The fourth-order valence-electron chi connectivity index (χ4n) is 2.39. The highest BCUT2D eigenvalue weighted by atomic mass is 79.9. The van der Waals surface area contributed by atoms with E-state index in [9.17, 15) is 0 Å². The lowest BCUT2D eigenvalue weighted by atomic mass is 10.1. The smallest absolute Gasteiger partial charge is 0.0236 e. The predicted octanol–water partition coefficient (Wildman–Crippen LogP) is 3.82. The van der Waals surface area contributed by atoms with E-state index in [1.54, 1.807) is 0 Å². The van der Waals surface area contributed by atoms with Crippen molar-refractivity contribution in [3.63, 3.8) is 0 Å². The Morgan fingerprint density at radius 3 is 2.73 bits per heavy atom. The first-order valence-corrected chi connectivity index (χ1v) is 6.57. The molecule has 2 heteroatoms. The summed E-state index contributed by atoms with van der Waals surface area (Å²) in [6.45, 7) is 4.69. The van der Waals surface area contributed by atoms with Gasteiger partial charge in [0.1, 0.15) is 0 Å². The molecule has 0 unspecified atom stereocenters. The summed E-state index contributed by atoms with van der Waals surface area (Å²) in [4.78, 5) is 2.61. The Morgan fingerprint density at radius 1 is 1.33 bits per heavy atom. The summed E-state index contributed by atoms with van der Waals surface area (Å²) in [5.74, 6) is 0. The maximum absolute atomic E-state index is 3.47. The Balaban J connectivity index is 1.99. The van der Waals surface area contributed by atoms with Crippen molar-refractivity contribution >= 4 is 15.9 Å². The van der Waals surface area contributed by atoms with Gasteiger partial charge in [-0.05, 0) is 43.5 Å². The molecular weight excluding hydrogens is 250 g/mol. The Hall–Kier alpha value is -0.340. The van der Waals surface area contributed by atoms with Crippen molar-refractivity contribution in [3.8, 4) is 0 Å². The van der Waals surface area contributed by atoms with E-state index in [2.05, 4.69) is 52.0 Å². The molecule has 1 atom stereocenters. The highest BCUT2D eigenvalue weighted by molar-refractivity contribution is 9.10. The third kappa shape index (κ3) is 2.82. The average Bonchev–Trinajstić information content (AvgIpc) is 2.69. The summed E-state index contributed by atoms with van der Waals surface area (Å²) < 4.78 is 1.17. The highest BCUT2D eigenvalue weighted by Gasteiger charge is 2.22. The van der Waals surface area contributed by atoms with Crippen molar-refractivity contribution in [2.75, 3.05) is 6.54 Å². The lowest BCUT2D eigenvalue weighted by Crippen LogP contribution is -2.28. The van der Waals surface area contributed by atoms with Gasteiger partial charge in [-0.1, -0.05) is 35.0 Å². The number of hydrogen-bond donors (Lipinski definition) is 0. The van der Waals surface area contributed by atoms with Crippen LogP contribution in [-0.2, 0) is 6.54 Å². The minimum Gasteiger partial charge on any atom is -0.296 e. The van der Waals surface area contributed by atoms with Gasteiger partial charge in [0.05, 0.1) is 0 Å². The lowest BCUT2D eigenvalue weighted by molar-refractivity contribution is 0.240. The molecule has 1 saturated heterocycles. The molecule has 1 nitrogen and oxygen atoms in total. The van der Waals surface area contributed by atoms with Crippen LogP contribution in [0.2, 0.25) is 0 Å². The summed E-state index contributed by atoms with van der Waals surface area (Å²) >= 11 is 3.47. The molecule has 1 aromatic rings. The lowest BCUT2D eigenvalue weighted by Gasteiger charge is -2.23. The Bertz CT molecular complexity index is 307.